The molecule has 0 saturated heterocycles. The third kappa shape index (κ3) is 3.59. The first-order chi connectivity index (χ1) is 14.7. The topological polar surface area (TPSA) is 61.5 Å². The monoisotopic (exact) mass is 402 g/mol. The smallest absolute Gasteiger partial charge is 0.237 e. The van der Waals surface area contributed by atoms with Gasteiger partial charge in [-0.3, -0.25) is 9.69 Å². The highest BCUT2D eigenvalue weighted by Gasteiger charge is 2.32. The number of nitrogens with one attached hydrogen (secondary N) is 1. The van der Waals surface area contributed by atoms with Gasteiger partial charge in [0.05, 0.1) is 37.9 Å². The van der Waals surface area contributed by atoms with Crippen molar-refractivity contribution in [2.75, 3.05) is 26.7 Å². The molecular weight excluding hydrogens is 376 g/mol. The largest absolute Gasteiger partial charge is 0.497 e. The fourth-order valence-corrected chi connectivity index (χ4v) is 4.59. The lowest BCUT2D eigenvalue weighted by Crippen LogP contribution is -2.45. The standard InChI is InChI=1S/C24H26N4O2/c1-30-20-8-6-18(7-9-20)21-13-28(14-22-24(21)26-16-25-22)23(29)15-27-11-10-17-4-2-3-5-19(17)12-27/h2-9,16,21H,10-15H2,1H3,(H,25,26). The van der Waals surface area contributed by atoms with Gasteiger partial charge in [-0.1, -0.05) is 36.4 Å². The third-order valence-corrected chi connectivity index (χ3v) is 6.27. The molecular formula is C24H26N4O2. The molecule has 1 aromatic heterocycles. The first-order valence-corrected chi connectivity index (χ1v) is 10.4. The van der Waals surface area contributed by atoms with Crippen molar-refractivity contribution < 1.29 is 9.53 Å². The first kappa shape index (κ1) is 18.9. The summed E-state index contributed by atoms with van der Waals surface area (Å²) in [7, 11) is 1.67. The number of H-pyrrole nitrogens is 1. The minimum atomic E-state index is 0.0666. The number of benzene rings is 2. The lowest BCUT2D eigenvalue weighted by atomic mass is 9.90. The van der Waals surface area contributed by atoms with Crippen molar-refractivity contribution in [3.63, 3.8) is 0 Å². The van der Waals surface area contributed by atoms with Gasteiger partial charge >= 0.3 is 0 Å². The van der Waals surface area contributed by atoms with Crippen molar-refractivity contribution in [3.8, 4) is 5.75 Å². The summed E-state index contributed by atoms with van der Waals surface area (Å²) in [6, 6.07) is 16.6. The maximum atomic E-state index is 13.2. The molecule has 1 N–H and O–H groups in total. The van der Waals surface area contributed by atoms with Gasteiger partial charge in [-0.25, -0.2) is 4.98 Å². The van der Waals surface area contributed by atoms with Crippen LogP contribution in [0.3, 0.4) is 0 Å². The summed E-state index contributed by atoms with van der Waals surface area (Å²) < 4.78 is 5.29. The van der Waals surface area contributed by atoms with Gasteiger partial charge in [-0.2, -0.15) is 0 Å². The molecule has 6 nitrogen and oxygen atoms in total. The Kier molecular flexibility index (Phi) is 5.01. The van der Waals surface area contributed by atoms with E-state index < -0.39 is 0 Å². The summed E-state index contributed by atoms with van der Waals surface area (Å²) in [6.45, 7) is 3.45. The normalized spacial score (nSPS) is 18.6. The summed E-state index contributed by atoms with van der Waals surface area (Å²) in [6.07, 6.45) is 2.74. The molecule has 0 aliphatic carbocycles. The number of aromatic nitrogens is 2. The molecule has 3 heterocycles. The number of carbonyl (C=O) groups excluding carboxylic acids is 1. The van der Waals surface area contributed by atoms with Crippen LogP contribution in [0.25, 0.3) is 0 Å². The zero-order valence-electron chi connectivity index (χ0n) is 17.2. The van der Waals surface area contributed by atoms with Gasteiger partial charge in [-0.15, -0.1) is 0 Å². The number of aromatic amines is 1. The maximum Gasteiger partial charge on any atom is 0.237 e. The quantitative estimate of drug-likeness (QED) is 0.729. The van der Waals surface area contributed by atoms with E-state index in [1.165, 1.54) is 11.1 Å². The van der Waals surface area contributed by atoms with Crippen LogP contribution in [0.15, 0.2) is 54.9 Å². The summed E-state index contributed by atoms with van der Waals surface area (Å²) in [5.74, 6) is 1.07. The van der Waals surface area contributed by atoms with Crippen LogP contribution in [-0.2, 0) is 24.3 Å². The molecule has 1 atom stereocenters. The van der Waals surface area contributed by atoms with Gasteiger partial charge < -0.3 is 14.6 Å². The van der Waals surface area contributed by atoms with Crippen LogP contribution in [0.5, 0.6) is 5.75 Å². The number of imidazole rings is 1. The number of hydrogen-bond acceptors (Lipinski definition) is 4. The van der Waals surface area contributed by atoms with E-state index in [0.717, 1.165) is 42.2 Å². The summed E-state index contributed by atoms with van der Waals surface area (Å²) in [4.78, 5) is 25.2. The minimum Gasteiger partial charge on any atom is -0.497 e. The Bertz CT molecular complexity index is 1040. The van der Waals surface area contributed by atoms with Crippen LogP contribution in [0.1, 0.15) is 34.0 Å². The number of nitrogens with zero attached hydrogens (tertiary/aromatic N) is 3. The average molecular weight is 402 g/mol. The molecule has 0 saturated carbocycles. The number of fused-ring (bicyclic) bond motifs is 2. The van der Waals surface area contributed by atoms with Crippen molar-refractivity contribution in [1.29, 1.82) is 0 Å². The summed E-state index contributed by atoms with van der Waals surface area (Å²) in [5, 5.41) is 0. The SMILES string of the molecule is COc1ccc(C2CN(C(=O)CN3CCc4ccccc4C3)Cc3[nH]cnc32)cc1. The van der Waals surface area contributed by atoms with Crippen LogP contribution >= 0.6 is 0 Å². The molecule has 30 heavy (non-hydrogen) atoms. The van der Waals surface area contributed by atoms with E-state index in [1.54, 1.807) is 13.4 Å². The Labute approximate surface area is 176 Å². The van der Waals surface area contributed by atoms with Crippen LogP contribution in [0.4, 0.5) is 0 Å². The number of carbonyl (C=O) groups is 1. The Morgan fingerprint density at radius 3 is 2.73 bits per heavy atom. The zero-order valence-corrected chi connectivity index (χ0v) is 17.2. The van der Waals surface area contributed by atoms with Crippen molar-refractivity contribution in [3.05, 3.63) is 82.9 Å². The summed E-state index contributed by atoms with van der Waals surface area (Å²) >= 11 is 0. The average Bonchev–Trinajstić information content (AvgIpc) is 3.27. The molecule has 0 radical (unpaired) electrons. The molecule has 1 unspecified atom stereocenters. The van der Waals surface area contributed by atoms with Crippen LogP contribution < -0.4 is 4.74 Å². The lowest BCUT2D eigenvalue weighted by molar-refractivity contribution is -0.133. The molecule has 0 fully saturated rings. The van der Waals surface area contributed by atoms with Gasteiger partial charge in [0.1, 0.15) is 5.75 Å². The number of amides is 1. The molecule has 5 rings (SSSR count). The number of hydrogen-bond donors (Lipinski definition) is 1. The molecule has 2 aromatic carbocycles. The molecule has 154 valence electrons. The third-order valence-electron chi connectivity index (χ3n) is 6.27. The Morgan fingerprint density at radius 2 is 1.93 bits per heavy atom. The second kappa shape index (κ2) is 7.95. The maximum absolute atomic E-state index is 13.2. The van der Waals surface area contributed by atoms with Crippen molar-refractivity contribution >= 4 is 5.91 Å². The molecule has 6 heteroatoms. The first-order valence-electron chi connectivity index (χ1n) is 10.4. The van der Waals surface area contributed by atoms with Crippen LogP contribution in [0.2, 0.25) is 0 Å². The molecule has 0 spiro atoms. The van der Waals surface area contributed by atoms with Gasteiger partial charge in [0.15, 0.2) is 0 Å². The van der Waals surface area contributed by atoms with Crippen LogP contribution in [0, 0.1) is 0 Å². The van der Waals surface area contributed by atoms with E-state index >= 15 is 0 Å². The van der Waals surface area contributed by atoms with Gasteiger partial charge in [0.25, 0.3) is 0 Å². The second-order valence-electron chi connectivity index (χ2n) is 8.10. The van der Waals surface area contributed by atoms with Gasteiger partial charge in [0.2, 0.25) is 5.91 Å². The predicted octanol–water partition coefficient (Wildman–Crippen LogP) is 2.95. The number of ether oxygens (including phenoxy) is 1. The van der Waals surface area contributed by atoms with E-state index in [1.807, 2.05) is 17.0 Å². The molecule has 0 bridgehead atoms. The fourth-order valence-electron chi connectivity index (χ4n) is 4.59. The van der Waals surface area contributed by atoms with Gasteiger partial charge in [0, 0.05) is 25.6 Å². The Hall–Kier alpha value is -3.12. The Balaban J connectivity index is 1.32. The van der Waals surface area contributed by atoms with E-state index in [0.29, 0.717) is 19.6 Å². The zero-order chi connectivity index (χ0) is 20.5. The molecule has 2 aliphatic heterocycles. The van der Waals surface area contributed by atoms with Crippen LogP contribution in [-0.4, -0.2) is 52.4 Å². The highest BCUT2D eigenvalue weighted by molar-refractivity contribution is 5.78. The van der Waals surface area contributed by atoms with E-state index in [-0.39, 0.29) is 11.8 Å². The highest BCUT2D eigenvalue weighted by Crippen LogP contribution is 2.32. The summed E-state index contributed by atoms with van der Waals surface area (Å²) in [5.41, 5.74) is 5.95. The minimum absolute atomic E-state index is 0.0666. The Morgan fingerprint density at radius 1 is 1.13 bits per heavy atom. The van der Waals surface area contributed by atoms with Crippen molar-refractivity contribution in [2.45, 2.75) is 25.4 Å². The lowest BCUT2D eigenvalue weighted by Gasteiger charge is -2.35. The van der Waals surface area contributed by atoms with E-state index in [9.17, 15) is 4.79 Å². The predicted molar refractivity (Wildman–Crippen MR) is 114 cm³/mol. The number of methoxy groups -OCH3 is 1. The van der Waals surface area contributed by atoms with E-state index in [2.05, 4.69) is 51.3 Å². The molecule has 1 amide bonds. The molecule has 3 aromatic rings. The van der Waals surface area contributed by atoms with Crippen molar-refractivity contribution in [2.24, 2.45) is 0 Å². The van der Waals surface area contributed by atoms with Crippen molar-refractivity contribution in [1.82, 2.24) is 19.8 Å². The highest BCUT2D eigenvalue weighted by atomic mass is 16.5. The number of rotatable bonds is 4. The van der Waals surface area contributed by atoms with Gasteiger partial charge in [-0.05, 0) is 35.2 Å². The molecule has 2 aliphatic rings. The second-order valence-corrected chi connectivity index (χ2v) is 8.10. The fraction of sp³-hybridized carbons (Fsp3) is 0.333. The van der Waals surface area contributed by atoms with E-state index in [4.69, 9.17) is 4.74 Å².